The lowest BCUT2D eigenvalue weighted by Crippen LogP contribution is -2.57. The van der Waals surface area contributed by atoms with Crippen LogP contribution in [0.25, 0.3) is 0 Å². The molecule has 2 aliphatic carbocycles. The highest BCUT2D eigenvalue weighted by molar-refractivity contribution is 6.05. The Bertz CT molecular complexity index is 498. The maximum absolute atomic E-state index is 13.4. The van der Waals surface area contributed by atoms with Gasteiger partial charge >= 0.3 is 0 Å². The van der Waals surface area contributed by atoms with E-state index in [9.17, 15) is 9.59 Å². The van der Waals surface area contributed by atoms with Crippen molar-refractivity contribution in [3.05, 3.63) is 12.2 Å². The van der Waals surface area contributed by atoms with Gasteiger partial charge in [-0.3, -0.25) is 14.5 Å². The summed E-state index contributed by atoms with van der Waals surface area (Å²) >= 11 is 0. The number of hydrogen-bond donors (Lipinski definition) is 1. The zero-order chi connectivity index (χ0) is 20.0. The van der Waals surface area contributed by atoms with E-state index in [4.69, 9.17) is 5.73 Å². The molecule has 0 bridgehead atoms. The number of nitrogens with two attached hydrogens (primary N) is 1. The third kappa shape index (κ3) is 5.91. The van der Waals surface area contributed by atoms with Crippen LogP contribution in [0.15, 0.2) is 12.2 Å². The highest BCUT2D eigenvalue weighted by Crippen LogP contribution is 2.39. The van der Waals surface area contributed by atoms with E-state index in [1.165, 1.54) is 38.5 Å². The van der Waals surface area contributed by atoms with Crippen LogP contribution in [-0.2, 0) is 9.59 Å². The number of carbonyl (C=O) groups is 2. The van der Waals surface area contributed by atoms with Crippen LogP contribution in [0, 0.1) is 17.8 Å². The molecule has 2 rings (SSSR count). The molecule has 0 radical (unpaired) electrons. The SMILES string of the molecule is C=C(C)C(=O)N(C(=O)C(N)CC(C)C)C(C1CCCCC1)C1CCCCC1. The Morgan fingerprint density at radius 3 is 1.78 bits per heavy atom. The monoisotopic (exact) mass is 376 g/mol. The summed E-state index contributed by atoms with van der Waals surface area (Å²) in [4.78, 5) is 28.1. The van der Waals surface area contributed by atoms with Gasteiger partial charge in [0.1, 0.15) is 0 Å². The van der Waals surface area contributed by atoms with E-state index in [1.54, 1.807) is 11.8 Å². The van der Waals surface area contributed by atoms with Crippen molar-refractivity contribution in [3.63, 3.8) is 0 Å². The summed E-state index contributed by atoms with van der Waals surface area (Å²) < 4.78 is 0. The van der Waals surface area contributed by atoms with Crippen LogP contribution in [0.2, 0.25) is 0 Å². The fourth-order valence-electron chi connectivity index (χ4n) is 5.13. The third-order valence-electron chi connectivity index (χ3n) is 6.43. The highest BCUT2D eigenvalue weighted by atomic mass is 16.2. The number of hydrogen-bond acceptors (Lipinski definition) is 3. The van der Waals surface area contributed by atoms with E-state index < -0.39 is 6.04 Å². The number of rotatable bonds is 7. The molecule has 1 unspecified atom stereocenters. The average molecular weight is 377 g/mol. The highest BCUT2D eigenvalue weighted by Gasteiger charge is 2.42. The Morgan fingerprint density at radius 1 is 0.963 bits per heavy atom. The van der Waals surface area contributed by atoms with E-state index in [-0.39, 0.29) is 17.9 Å². The van der Waals surface area contributed by atoms with Gasteiger partial charge in [0.15, 0.2) is 0 Å². The van der Waals surface area contributed by atoms with E-state index >= 15 is 0 Å². The van der Waals surface area contributed by atoms with Gasteiger partial charge in [0.05, 0.1) is 6.04 Å². The molecule has 0 saturated heterocycles. The van der Waals surface area contributed by atoms with Crippen molar-refractivity contribution in [2.45, 2.75) is 103 Å². The predicted molar refractivity (Wildman–Crippen MR) is 111 cm³/mol. The lowest BCUT2D eigenvalue weighted by molar-refractivity contribution is -0.150. The van der Waals surface area contributed by atoms with Gasteiger partial charge in [0.25, 0.3) is 5.91 Å². The van der Waals surface area contributed by atoms with Crippen LogP contribution in [0.4, 0.5) is 0 Å². The second kappa shape index (κ2) is 10.4. The molecule has 0 spiro atoms. The number of imide groups is 1. The van der Waals surface area contributed by atoms with Crippen molar-refractivity contribution >= 4 is 11.8 Å². The quantitative estimate of drug-likeness (QED) is 0.648. The van der Waals surface area contributed by atoms with Crippen LogP contribution < -0.4 is 5.73 Å². The predicted octanol–water partition coefficient (Wildman–Crippen LogP) is 4.82. The minimum absolute atomic E-state index is 0.000474. The van der Waals surface area contributed by atoms with E-state index in [0.717, 1.165) is 25.7 Å². The van der Waals surface area contributed by atoms with Crippen LogP contribution in [0.1, 0.15) is 91.4 Å². The molecule has 2 aliphatic rings. The molecular formula is C23H40N2O2. The normalized spacial score (nSPS) is 20.7. The molecule has 0 aromatic rings. The summed E-state index contributed by atoms with van der Waals surface area (Å²) in [5, 5.41) is 0. The van der Waals surface area contributed by atoms with Gasteiger partial charge in [-0.2, -0.15) is 0 Å². The Balaban J connectivity index is 2.36. The van der Waals surface area contributed by atoms with Crippen LogP contribution >= 0.6 is 0 Å². The smallest absolute Gasteiger partial charge is 0.255 e. The molecule has 2 saturated carbocycles. The zero-order valence-corrected chi connectivity index (χ0v) is 17.7. The van der Waals surface area contributed by atoms with Crippen molar-refractivity contribution in [2.24, 2.45) is 23.5 Å². The molecule has 2 N–H and O–H groups in total. The molecule has 2 fully saturated rings. The molecule has 0 aromatic carbocycles. The molecular weight excluding hydrogens is 336 g/mol. The van der Waals surface area contributed by atoms with Crippen LogP contribution in [-0.4, -0.2) is 28.8 Å². The molecule has 4 heteroatoms. The van der Waals surface area contributed by atoms with Gasteiger partial charge in [-0.05, 0) is 56.8 Å². The minimum Gasteiger partial charge on any atom is -0.320 e. The summed E-state index contributed by atoms with van der Waals surface area (Å²) in [6.45, 7) is 9.72. The fraction of sp³-hybridized carbons (Fsp3) is 0.826. The summed E-state index contributed by atoms with van der Waals surface area (Å²) in [5.74, 6) is 0.771. The molecule has 154 valence electrons. The molecule has 1 atom stereocenters. The van der Waals surface area contributed by atoms with Crippen molar-refractivity contribution in [1.29, 1.82) is 0 Å². The first-order valence-corrected chi connectivity index (χ1v) is 11.1. The van der Waals surface area contributed by atoms with E-state index in [0.29, 0.717) is 29.7 Å². The lowest BCUT2D eigenvalue weighted by Gasteiger charge is -2.44. The van der Waals surface area contributed by atoms with Crippen molar-refractivity contribution in [1.82, 2.24) is 4.90 Å². The van der Waals surface area contributed by atoms with Gasteiger partial charge < -0.3 is 5.73 Å². The second-order valence-corrected chi connectivity index (χ2v) is 9.32. The van der Waals surface area contributed by atoms with Gasteiger partial charge in [-0.15, -0.1) is 0 Å². The van der Waals surface area contributed by atoms with Gasteiger partial charge in [0.2, 0.25) is 5.91 Å². The second-order valence-electron chi connectivity index (χ2n) is 9.32. The largest absolute Gasteiger partial charge is 0.320 e. The Hall–Kier alpha value is -1.16. The van der Waals surface area contributed by atoms with E-state index in [2.05, 4.69) is 20.4 Å². The van der Waals surface area contributed by atoms with Crippen molar-refractivity contribution < 1.29 is 9.59 Å². The first-order chi connectivity index (χ1) is 12.8. The van der Waals surface area contributed by atoms with Crippen LogP contribution in [0.5, 0.6) is 0 Å². The van der Waals surface area contributed by atoms with Gasteiger partial charge in [-0.1, -0.05) is 59.0 Å². The number of amides is 2. The Labute approximate surface area is 165 Å². The lowest BCUT2D eigenvalue weighted by atomic mass is 9.72. The first kappa shape index (κ1) is 22.1. The van der Waals surface area contributed by atoms with Crippen LogP contribution in [0.3, 0.4) is 0 Å². The molecule has 2 amide bonds. The molecule has 0 aromatic heterocycles. The third-order valence-corrected chi connectivity index (χ3v) is 6.43. The first-order valence-electron chi connectivity index (χ1n) is 11.1. The van der Waals surface area contributed by atoms with Crippen molar-refractivity contribution in [3.8, 4) is 0 Å². The Morgan fingerprint density at radius 2 is 1.41 bits per heavy atom. The average Bonchev–Trinajstić information content (AvgIpc) is 2.65. The minimum atomic E-state index is -0.608. The molecule has 0 aliphatic heterocycles. The summed E-state index contributed by atoms with van der Waals surface area (Å²) in [6.07, 6.45) is 12.4. The number of carbonyl (C=O) groups excluding carboxylic acids is 2. The fourth-order valence-corrected chi connectivity index (χ4v) is 5.13. The summed E-state index contributed by atoms with van der Waals surface area (Å²) in [6, 6.07) is -0.608. The molecule has 27 heavy (non-hydrogen) atoms. The van der Waals surface area contributed by atoms with Gasteiger partial charge in [0, 0.05) is 11.6 Å². The topological polar surface area (TPSA) is 63.4 Å². The van der Waals surface area contributed by atoms with Crippen molar-refractivity contribution in [2.75, 3.05) is 0 Å². The van der Waals surface area contributed by atoms with E-state index in [1.807, 2.05) is 0 Å². The zero-order valence-electron chi connectivity index (χ0n) is 17.7. The summed E-state index contributed by atoms with van der Waals surface area (Å²) in [5.41, 5.74) is 6.72. The maximum atomic E-state index is 13.4. The summed E-state index contributed by atoms with van der Waals surface area (Å²) in [7, 11) is 0. The standard InChI is InChI=1S/C23H40N2O2/c1-16(2)15-20(24)23(27)25(22(26)17(3)4)21(18-11-7-5-8-12-18)19-13-9-6-10-14-19/h16,18-21H,3,5-15,24H2,1-2,4H3. The molecule has 0 heterocycles. The molecule has 4 nitrogen and oxygen atoms in total. The number of nitrogens with zero attached hydrogens (tertiary/aromatic N) is 1. The maximum Gasteiger partial charge on any atom is 0.255 e. The Kier molecular flexibility index (Phi) is 8.53. The van der Waals surface area contributed by atoms with Gasteiger partial charge in [-0.25, -0.2) is 0 Å².